The summed E-state index contributed by atoms with van der Waals surface area (Å²) in [4.78, 5) is 22.2. The third-order valence-electron chi connectivity index (χ3n) is 6.08. The van der Waals surface area contributed by atoms with Crippen molar-refractivity contribution in [1.29, 1.82) is 0 Å². The van der Waals surface area contributed by atoms with E-state index in [1.54, 1.807) is 18.0 Å². The molecule has 8 heteroatoms. The highest BCUT2D eigenvalue weighted by Gasteiger charge is 2.35. The molecule has 1 saturated heterocycles. The number of rotatable bonds is 5. The predicted octanol–water partition coefficient (Wildman–Crippen LogP) is 5.17. The van der Waals surface area contributed by atoms with Gasteiger partial charge in [-0.2, -0.15) is 0 Å². The molecule has 2 aliphatic rings. The van der Waals surface area contributed by atoms with E-state index in [0.717, 1.165) is 46.3 Å². The second-order valence-corrected chi connectivity index (χ2v) is 10.4. The van der Waals surface area contributed by atoms with E-state index in [1.807, 2.05) is 54.1 Å². The van der Waals surface area contributed by atoms with Crippen molar-refractivity contribution in [3.05, 3.63) is 75.8 Å². The number of hydrogen-bond donors (Lipinski definition) is 1. The Bertz CT molecular complexity index is 1210. The molecule has 2 unspecified atom stereocenters. The number of ether oxygens (including phenoxy) is 2. The van der Waals surface area contributed by atoms with Crippen LogP contribution >= 0.6 is 11.8 Å². The SMILES string of the molecule is CC1=Nc2c(c(=O)[nH]n2C2CCOC(C)(C)C2)C(c2ccc(OCc3ccccn3)cc2)S1. The summed E-state index contributed by atoms with van der Waals surface area (Å²) in [5, 5.41) is 3.92. The lowest BCUT2D eigenvalue weighted by Gasteiger charge is -2.36. The lowest BCUT2D eigenvalue weighted by atomic mass is 9.94. The van der Waals surface area contributed by atoms with E-state index in [0.29, 0.717) is 13.2 Å². The van der Waals surface area contributed by atoms with Gasteiger partial charge in [0.05, 0.1) is 33.2 Å². The molecule has 0 amide bonds. The van der Waals surface area contributed by atoms with Gasteiger partial charge in [-0.25, -0.2) is 4.99 Å². The molecule has 1 N–H and O–H groups in total. The van der Waals surface area contributed by atoms with Crippen LogP contribution in [0.2, 0.25) is 0 Å². The smallest absolute Gasteiger partial charge is 0.271 e. The maximum Gasteiger partial charge on any atom is 0.271 e. The molecular weight excluding hydrogens is 436 g/mol. The summed E-state index contributed by atoms with van der Waals surface area (Å²) < 4.78 is 13.7. The zero-order valence-corrected chi connectivity index (χ0v) is 19.9. The third-order valence-corrected chi connectivity index (χ3v) is 7.26. The molecule has 0 radical (unpaired) electrons. The van der Waals surface area contributed by atoms with E-state index in [1.165, 1.54) is 0 Å². The van der Waals surface area contributed by atoms with E-state index in [2.05, 4.69) is 23.9 Å². The van der Waals surface area contributed by atoms with Crippen LogP contribution in [0, 0.1) is 0 Å². The minimum Gasteiger partial charge on any atom is -0.487 e. The molecule has 33 heavy (non-hydrogen) atoms. The van der Waals surface area contributed by atoms with Crippen LogP contribution in [0.4, 0.5) is 5.82 Å². The van der Waals surface area contributed by atoms with Crippen molar-refractivity contribution in [3.63, 3.8) is 0 Å². The maximum absolute atomic E-state index is 13.1. The first kappa shape index (κ1) is 22.0. The highest BCUT2D eigenvalue weighted by molar-refractivity contribution is 8.14. The van der Waals surface area contributed by atoms with Crippen LogP contribution in [0.1, 0.15) is 61.7 Å². The van der Waals surface area contributed by atoms with Gasteiger partial charge >= 0.3 is 0 Å². The van der Waals surface area contributed by atoms with Gasteiger partial charge in [-0.1, -0.05) is 30.0 Å². The van der Waals surface area contributed by atoms with Crippen LogP contribution in [0.5, 0.6) is 5.75 Å². The Hall–Kier alpha value is -2.84. The second kappa shape index (κ2) is 8.83. The van der Waals surface area contributed by atoms with Crippen molar-refractivity contribution in [3.8, 4) is 5.75 Å². The minimum absolute atomic E-state index is 0.0708. The number of benzene rings is 1. The summed E-state index contributed by atoms with van der Waals surface area (Å²) >= 11 is 1.61. The number of aromatic nitrogens is 3. The number of fused-ring (bicyclic) bond motifs is 1. The number of nitrogens with one attached hydrogen (secondary N) is 1. The van der Waals surface area contributed by atoms with E-state index < -0.39 is 0 Å². The van der Waals surface area contributed by atoms with Gasteiger partial charge < -0.3 is 9.47 Å². The molecule has 0 saturated carbocycles. The van der Waals surface area contributed by atoms with E-state index in [4.69, 9.17) is 14.5 Å². The van der Waals surface area contributed by atoms with E-state index in [9.17, 15) is 4.79 Å². The van der Waals surface area contributed by atoms with Gasteiger partial charge in [-0.15, -0.1) is 0 Å². The fraction of sp³-hybridized carbons (Fsp3) is 0.400. The molecule has 3 aromatic rings. The van der Waals surface area contributed by atoms with E-state index in [-0.39, 0.29) is 22.5 Å². The Morgan fingerprint density at radius 2 is 2.06 bits per heavy atom. The Morgan fingerprint density at radius 3 is 2.79 bits per heavy atom. The predicted molar refractivity (Wildman–Crippen MR) is 131 cm³/mol. The summed E-state index contributed by atoms with van der Waals surface area (Å²) in [6.45, 7) is 7.28. The fourth-order valence-electron chi connectivity index (χ4n) is 4.51. The maximum atomic E-state index is 13.1. The van der Waals surface area contributed by atoms with Crippen molar-refractivity contribution in [2.75, 3.05) is 6.61 Å². The van der Waals surface area contributed by atoms with Crippen LogP contribution in [0.25, 0.3) is 0 Å². The Balaban J connectivity index is 1.40. The van der Waals surface area contributed by atoms with Crippen molar-refractivity contribution in [2.45, 2.75) is 57.1 Å². The molecular formula is C25H28N4O3S. The van der Waals surface area contributed by atoms with Crippen LogP contribution in [-0.4, -0.2) is 32.0 Å². The average molecular weight is 465 g/mol. The molecule has 5 rings (SSSR count). The van der Waals surface area contributed by atoms with Crippen molar-refractivity contribution < 1.29 is 9.47 Å². The minimum atomic E-state index is -0.219. The summed E-state index contributed by atoms with van der Waals surface area (Å²) in [5.74, 6) is 1.52. The number of pyridine rings is 1. The summed E-state index contributed by atoms with van der Waals surface area (Å²) in [6.07, 6.45) is 3.45. The van der Waals surface area contributed by atoms with Gasteiger partial charge in [0.15, 0.2) is 5.82 Å². The quantitative estimate of drug-likeness (QED) is 0.564. The third kappa shape index (κ3) is 4.63. The summed E-state index contributed by atoms with van der Waals surface area (Å²) in [5.41, 5.74) is 2.36. The lowest BCUT2D eigenvalue weighted by Crippen LogP contribution is -2.35. The van der Waals surface area contributed by atoms with Gasteiger partial charge in [0.25, 0.3) is 5.56 Å². The summed E-state index contributed by atoms with van der Waals surface area (Å²) in [7, 11) is 0. The topological polar surface area (TPSA) is 81.5 Å². The zero-order chi connectivity index (χ0) is 23.0. The lowest BCUT2D eigenvalue weighted by molar-refractivity contribution is -0.0705. The van der Waals surface area contributed by atoms with Gasteiger partial charge in [0.2, 0.25) is 0 Å². The van der Waals surface area contributed by atoms with Crippen molar-refractivity contribution in [2.24, 2.45) is 4.99 Å². The molecule has 0 aliphatic carbocycles. The molecule has 0 bridgehead atoms. The Labute approximate surface area is 197 Å². The van der Waals surface area contributed by atoms with Gasteiger partial charge in [-0.3, -0.25) is 19.6 Å². The first-order chi connectivity index (χ1) is 15.9. The number of aliphatic imine (C=N–C) groups is 1. The molecule has 2 atom stereocenters. The van der Waals surface area contributed by atoms with Crippen LogP contribution in [0.15, 0.2) is 58.4 Å². The van der Waals surface area contributed by atoms with Gasteiger partial charge in [-0.05, 0) is 63.4 Å². The molecule has 2 aliphatic heterocycles. The number of H-pyrrole nitrogens is 1. The Kier molecular flexibility index (Phi) is 5.88. The highest BCUT2D eigenvalue weighted by atomic mass is 32.2. The molecule has 4 heterocycles. The fourth-order valence-corrected chi connectivity index (χ4v) is 5.61. The average Bonchev–Trinajstić information content (AvgIpc) is 3.14. The first-order valence-electron chi connectivity index (χ1n) is 11.2. The van der Waals surface area contributed by atoms with Crippen molar-refractivity contribution in [1.82, 2.24) is 14.8 Å². The van der Waals surface area contributed by atoms with Crippen LogP contribution in [0.3, 0.4) is 0 Å². The molecule has 1 fully saturated rings. The molecule has 1 aromatic carbocycles. The standard InChI is InChI=1S/C25H28N4O3S/c1-16-27-23-21(24(30)28-29(23)19-11-13-32-25(2,3)14-19)22(33-16)17-7-9-20(10-8-17)31-15-18-6-4-5-12-26-18/h4-10,12,19,22H,11,13-15H2,1-3H3,(H,28,30). The normalized spacial score (nSPS) is 21.8. The molecule has 7 nitrogen and oxygen atoms in total. The van der Waals surface area contributed by atoms with Crippen LogP contribution < -0.4 is 10.3 Å². The zero-order valence-electron chi connectivity index (χ0n) is 19.1. The highest BCUT2D eigenvalue weighted by Crippen LogP contribution is 2.45. The monoisotopic (exact) mass is 464 g/mol. The number of hydrogen-bond acceptors (Lipinski definition) is 6. The molecule has 0 spiro atoms. The number of aromatic amines is 1. The largest absolute Gasteiger partial charge is 0.487 e. The number of nitrogens with zero attached hydrogens (tertiary/aromatic N) is 3. The molecule has 2 aromatic heterocycles. The summed E-state index contributed by atoms with van der Waals surface area (Å²) in [6, 6.07) is 13.9. The first-order valence-corrected chi connectivity index (χ1v) is 12.1. The van der Waals surface area contributed by atoms with E-state index >= 15 is 0 Å². The molecule has 172 valence electrons. The van der Waals surface area contributed by atoms with Gasteiger partial charge in [0.1, 0.15) is 12.4 Å². The van der Waals surface area contributed by atoms with Crippen LogP contribution in [-0.2, 0) is 11.3 Å². The van der Waals surface area contributed by atoms with Crippen molar-refractivity contribution >= 4 is 22.6 Å². The Morgan fingerprint density at radius 1 is 1.24 bits per heavy atom. The van der Waals surface area contributed by atoms with Gasteiger partial charge in [0, 0.05) is 12.8 Å². The second-order valence-electron chi connectivity index (χ2n) is 9.11. The number of thioether (sulfide) groups is 1.